The van der Waals surface area contributed by atoms with Crippen molar-refractivity contribution < 1.29 is 19.4 Å². The van der Waals surface area contributed by atoms with Gasteiger partial charge in [0.05, 0.1) is 0 Å². The maximum absolute atomic E-state index is 12.7. The smallest absolute Gasteiger partial charge is 0.306 e. The highest BCUT2D eigenvalue weighted by Crippen LogP contribution is 2.19. The first-order valence-corrected chi connectivity index (χ1v) is 20.5. The average Bonchev–Trinajstić information content (AvgIpc) is 3.02. The lowest BCUT2D eigenvalue weighted by molar-refractivity contribution is -0.150. The molecular formula is C41H80O4. The van der Waals surface area contributed by atoms with E-state index in [0.717, 1.165) is 51.4 Å². The van der Waals surface area contributed by atoms with E-state index in [1.165, 1.54) is 167 Å². The minimum absolute atomic E-state index is 0.0396. The third-order valence-corrected chi connectivity index (χ3v) is 9.58. The third kappa shape index (κ3) is 37.3. The van der Waals surface area contributed by atoms with Crippen LogP contribution >= 0.6 is 0 Å². The second-order valence-electron chi connectivity index (χ2n) is 14.2. The third-order valence-electron chi connectivity index (χ3n) is 9.58. The van der Waals surface area contributed by atoms with Gasteiger partial charge in [-0.2, -0.15) is 0 Å². The number of carbonyl (C=O) groups is 2. The van der Waals surface area contributed by atoms with Crippen molar-refractivity contribution in [3.63, 3.8) is 0 Å². The fraction of sp³-hybridized carbons (Fsp3) is 0.951. The summed E-state index contributed by atoms with van der Waals surface area (Å²) in [5.74, 6) is -0.635. The molecule has 0 radical (unpaired) electrons. The molecule has 0 spiro atoms. The van der Waals surface area contributed by atoms with Gasteiger partial charge in [0.2, 0.25) is 0 Å². The molecule has 4 heteroatoms. The molecule has 0 aromatic rings. The summed E-state index contributed by atoms with van der Waals surface area (Å²) in [4.78, 5) is 23.3. The predicted molar refractivity (Wildman–Crippen MR) is 195 cm³/mol. The minimum atomic E-state index is -0.674. The van der Waals surface area contributed by atoms with Crippen molar-refractivity contribution in [1.82, 2.24) is 0 Å². The normalized spacial score (nSPS) is 12.0. The van der Waals surface area contributed by atoms with Crippen molar-refractivity contribution in [3.05, 3.63) is 0 Å². The van der Waals surface area contributed by atoms with E-state index in [1.807, 2.05) is 0 Å². The van der Waals surface area contributed by atoms with Crippen LogP contribution in [0.4, 0.5) is 0 Å². The molecule has 0 amide bonds. The van der Waals surface area contributed by atoms with E-state index in [9.17, 15) is 9.59 Å². The Morgan fingerprint density at radius 2 is 0.667 bits per heavy atom. The average molecular weight is 637 g/mol. The highest BCUT2D eigenvalue weighted by molar-refractivity contribution is 5.69. The summed E-state index contributed by atoms with van der Waals surface area (Å²) < 4.78 is 6.05. The molecule has 1 atom stereocenters. The first kappa shape index (κ1) is 43.9. The highest BCUT2D eigenvalue weighted by atomic mass is 16.5. The molecule has 0 saturated heterocycles. The zero-order valence-corrected chi connectivity index (χ0v) is 30.7. The molecule has 4 nitrogen and oxygen atoms in total. The number of rotatable bonds is 38. The summed E-state index contributed by atoms with van der Waals surface area (Å²) in [6.45, 7) is 4.56. The van der Waals surface area contributed by atoms with Crippen LogP contribution in [0.2, 0.25) is 0 Å². The topological polar surface area (TPSA) is 63.6 Å². The molecule has 0 aromatic carbocycles. The minimum Gasteiger partial charge on any atom is -0.481 e. The van der Waals surface area contributed by atoms with Gasteiger partial charge in [0.15, 0.2) is 0 Å². The van der Waals surface area contributed by atoms with Gasteiger partial charge in [-0.15, -0.1) is 0 Å². The van der Waals surface area contributed by atoms with Crippen LogP contribution in [0.15, 0.2) is 0 Å². The fourth-order valence-electron chi connectivity index (χ4n) is 6.54. The number of esters is 1. The largest absolute Gasteiger partial charge is 0.481 e. The Hall–Kier alpha value is -1.06. The SMILES string of the molecule is CCCCCCCCCCCCCCCCC(=O)OC(CCCCCCCCCCC)CCCCCCCCCCCC(=O)O. The number of carboxylic acids is 1. The van der Waals surface area contributed by atoms with Crippen LogP contribution in [0.5, 0.6) is 0 Å². The van der Waals surface area contributed by atoms with Gasteiger partial charge in [-0.3, -0.25) is 9.59 Å². The van der Waals surface area contributed by atoms with E-state index >= 15 is 0 Å². The molecule has 268 valence electrons. The van der Waals surface area contributed by atoms with Crippen LogP contribution < -0.4 is 0 Å². The van der Waals surface area contributed by atoms with E-state index in [1.54, 1.807) is 0 Å². The number of hydrogen-bond donors (Lipinski definition) is 1. The first-order valence-electron chi connectivity index (χ1n) is 20.5. The van der Waals surface area contributed by atoms with E-state index in [4.69, 9.17) is 9.84 Å². The zero-order chi connectivity index (χ0) is 32.9. The quantitative estimate of drug-likeness (QED) is 0.0541. The molecule has 0 rings (SSSR count). The standard InChI is InChI=1S/C41H80O4/c1-3-5-7-9-11-13-14-15-16-17-22-26-30-34-38-41(44)45-39(35-31-27-23-19-12-10-8-6-4-2)36-32-28-24-20-18-21-25-29-33-37-40(42)43/h39H,3-38H2,1-2H3,(H,42,43). The molecule has 0 aliphatic heterocycles. The second kappa shape index (κ2) is 37.4. The molecule has 0 aromatic heterocycles. The first-order chi connectivity index (χ1) is 22.1. The van der Waals surface area contributed by atoms with Crippen LogP contribution in [0.25, 0.3) is 0 Å². The zero-order valence-electron chi connectivity index (χ0n) is 30.7. The number of ether oxygens (including phenoxy) is 1. The number of carboxylic acid groups (broad SMARTS) is 1. The molecule has 0 saturated carbocycles. The summed E-state index contributed by atoms with van der Waals surface area (Å²) in [7, 11) is 0. The van der Waals surface area contributed by atoms with Crippen molar-refractivity contribution in [2.24, 2.45) is 0 Å². The van der Waals surface area contributed by atoms with Crippen molar-refractivity contribution in [2.75, 3.05) is 0 Å². The Morgan fingerprint density at radius 3 is 0.978 bits per heavy atom. The molecule has 0 heterocycles. The van der Waals surface area contributed by atoms with Gasteiger partial charge in [-0.1, -0.05) is 194 Å². The van der Waals surface area contributed by atoms with Crippen LogP contribution in [0, 0.1) is 0 Å². The van der Waals surface area contributed by atoms with Crippen molar-refractivity contribution in [3.8, 4) is 0 Å². The Morgan fingerprint density at radius 1 is 0.400 bits per heavy atom. The van der Waals surface area contributed by atoms with Crippen molar-refractivity contribution in [1.29, 1.82) is 0 Å². The number of aliphatic carboxylic acids is 1. The molecule has 0 fully saturated rings. The summed E-state index contributed by atoms with van der Waals surface area (Å²) >= 11 is 0. The summed E-state index contributed by atoms with van der Waals surface area (Å²) in [5.41, 5.74) is 0. The Labute approximate surface area is 282 Å². The molecule has 45 heavy (non-hydrogen) atoms. The van der Waals surface area contributed by atoms with Crippen LogP contribution in [0.1, 0.15) is 245 Å². The summed E-state index contributed by atoms with van der Waals surface area (Å²) in [5, 5.41) is 8.73. The number of carbonyl (C=O) groups excluding carboxylic acids is 1. The predicted octanol–water partition coefficient (Wildman–Crippen LogP) is 14.1. The van der Waals surface area contributed by atoms with Gasteiger partial charge >= 0.3 is 11.9 Å². The van der Waals surface area contributed by atoms with Gasteiger partial charge in [-0.25, -0.2) is 0 Å². The lowest BCUT2D eigenvalue weighted by atomic mass is 10.0. The Kier molecular flexibility index (Phi) is 36.5. The van der Waals surface area contributed by atoms with E-state index < -0.39 is 5.97 Å². The molecular weight excluding hydrogens is 556 g/mol. The summed E-state index contributed by atoms with van der Waals surface area (Å²) in [6, 6.07) is 0. The van der Waals surface area contributed by atoms with Gasteiger partial charge in [0.25, 0.3) is 0 Å². The van der Waals surface area contributed by atoms with Crippen molar-refractivity contribution >= 4 is 11.9 Å². The van der Waals surface area contributed by atoms with Crippen molar-refractivity contribution in [2.45, 2.75) is 251 Å². The lowest BCUT2D eigenvalue weighted by Gasteiger charge is -2.18. The summed E-state index contributed by atoms with van der Waals surface area (Å²) in [6.07, 6.45) is 44.2. The van der Waals surface area contributed by atoms with Crippen LogP contribution in [-0.2, 0) is 14.3 Å². The fourth-order valence-corrected chi connectivity index (χ4v) is 6.54. The van der Waals surface area contributed by atoms with Gasteiger partial charge in [0, 0.05) is 12.8 Å². The number of unbranched alkanes of at least 4 members (excludes halogenated alkanes) is 29. The Bertz CT molecular complexity index is 604. The van der Waals surface area contributed by atoms with Gasteiger partial charge in [-0.05, 0) is 38.5 Å². The van der Waals surface area contributed by atoms with Gasteiger partial charge < -0.3 is 9.84 Å². The monoisotopic (exact) mass is 637 g/mol. The molecule has 1 unspecified atom stereocenters. The molecule has 0 bridgehead atoms. The Balaban J connectivity index is 4.01. The highest BCUT2D eigenvalue weighted by Gasteiger charge is 2.14. The van der Waals surface area contributed by atoms with E-state index in [0.29, 0.717) is 12.8 Å². The second-order valence-corrected chi connectivity index (χ2v) is 14.2. The van der Waals surface area contributed by atoms with E-state index in [-0.39, 0.29) is 12.1 Å². The maximum atomic E-state index is 12.7. The van der Waals surface area contributed by atoms with Crippen LogP contribution in [-0.4, -0.2) is 23.1 Å². The lowest BCUT2D eigenvalue weighted by Crippen LogP contribution is -2.18. The van der Waals surface area contributed by atoms with Gasteiger partial charge in [0.1, 0.15) is 6.10 Å². The maximum Gasteiger partial charge on any atom is 0.306 e. The van der Waals surface area contributed by atoms with E-state index in [2.05, 4.69) is 13.8 Å². The molecule has 0 aliphatic rings. The molecule has 1 N–H and O–H groups in total. The number of hydrogen-bond acceptors (Lipinski definition) is 3. The van der Waals surface area contributed by atoms with Crippen LogP contribution in [0.3, 0.4) is 0 Å². The molecule has 0 aliphatic carbocycles.